The van der Waals surface area contributed by atoms with Crippen LogP contribution in [0.2, 0.25) is 0 Å². The molecule has 0 fully saturated rings. The summed E-state index contributed by atoms with van der Waals surface area (Å²) in [5.74, 6) is -0.811. The molecule has 1 aromatic heterocycles. The van der Waals surface area contributed by atoms with E-state index in [1.165, 1.54) is 29.5 Å². The molecule has 5 heteroatoms. The van der Waals surface area contributed by atoms with Gasteiger partial charge in [0.25, 0.3) is 5.91 Å². The van der Waals surface area contributed by atoms with Crippen LogP contribution in [0.25, 0.3) is 0 Å². The Labute approximate surface area is 108 Å². The summed E-state index contributed by atoms with van der Waals surface area (Å²) >= 11 is 1.40. The van der Waals surface area contributed by atoms with Gasteiger partial charge in [-0.25, -0.2) is 4.39 Å². The van der Waals surface area contributed by atoms with E-state index < -0.39 is 5.82 Å². The maximum absolute atomic E-state index is 13.5. The van der Waals surface area contributed by atoms with E-state index in [-0.39, 0.29) is 11.6 Å². The predicted molar refractivity (Wildman–Crippen MR) is 72.5 cm³/mol. The SMILES string of the molecule is CCc1ccc(C(=O)Nc2cc(N)ccc2F)s1. The Kier molecular flexibility index (Phi) is 3.62. The highest BCUT2D eigenvalue weighted by Crippen LogP contribution is 2.21. The van der Waals surface area contributed by atoms with Crippen LogP contribution in [0.1, 0.15) is 21.5 Å². The zero-order chi connectivity index (χ0) is 13.1. The largest absolute Gasteiger partial charge is 0.399 e. The minimum absolute atomic E-state index is 0.103. The lowest BCUT2D eigenvalue weighted by atomic mass is 10.2. The van der Waals surface area contributed by atoms with Crippen molar-refractivity contribution in [2.24, 2.45) is 0 Å². The molecule has 0 bridgehead atoms. The Bertz CT molecular complexity index is 580. The summed E-state index contributed by atoms with van der Waals surface area (Å²) in [6, 6.07) is 7.72. The number of nitrogens with two attached hydrogens (primary N) is 1. The number of halogens is 1. The first-order chi connectivity index (χ1) is 8.60. The van der Waals surface area contributed by atoms with Gasteiger partial charge in [-0.3, -0.25) is 4.79 Å². The van der Waals surface area contributed by atoms with Gasteiger partial charge in [-0.05, 0) is 36.8 Å². The molecule has 18 heavy (non-hydrogen) atoms. The molecule has 0 aliphatic carbocycles. The van der Waals surface area contributed by atoms with Crippen molar-refractivity contribution in [2.45, 2.75) is 13.3 Å². The second-order valence-corrected chi connectivity index (χ2v) is 4.98. The van der Waals surface area contributed by atoms with Crippen LogP contribution in [-0.2, 0) is 6.42 Å². The molecule has 0 aliphatic heterocycles. The van der Waals surface area contributed by atoms with Gasteiger partial charge in [-0.1, -0.05) is 6.92 Å². The van der Waals surface area contributed by atoms with Crippen LogP contribution in [0.4, 0.5) is 15.8 Å². The van der Waals surface area contributed by atoms with Gasteiger partial charge >= 0.3 is 0 Å². The average Bonchev–Trinajstić information content (AvgIpc) is 2.82. The summed E-state index contributed by atoms with van der Waals surface area (Å²) in [7, 11) is 0. The second kappa shape index (κ2) is 5.18. The molecule has 0 spiro atoms. The summed E-state index contributed by atoms with van der Waals surface area (Å²) in [6.07, 6.45) is 0.880. The maximum Gasteiger partial charge on any atom is 0.265 e. The molecule has 0 saturated carbocycles. The molecule has 1 aromatic carbocycles. The molecule has 94 valence electrons. The number of thiophene rings is 1. The Morgan fingerprint density at radius 1 is 1.39 bits per heavy atom. The van der Waals surface area contributed by atoms with E-state index in [1.807, 2.05) is 13.0 Å². The van der Waals surface area contributed by atoms with E-state index in [0.29, 0.717) is 10.6 Å². The fourth-order valence-electron chi connectivity index (χ4n) is 1.51. The fraction of sp³-hybridized carbons (Fsp3) is 0.154. The number of nitrogens with one attached hydrogen (secondary N) is 1. The lowest BCUT2D eigenvalue weighted by Gasteiger charge is -2.05. The van der Waals surface area contributed by atoms with Gasteiger partial charge in [0, 0.05) is 10.6 Å². The predicted octanol–water partition coefficient (Wildman–Crippen LogP) is 3.28. The van der Waals surface area contributed by atoms with Crippen molar-refractivity contribution in [3.63, 3.8) is 0 Å². The third-order valence-electron chi connectivity index (χ3n) is 2.47. The number of amides is 1. The number of nitrogen functional groups attached to an aromatic ring is 1. The normalized spacial score (nSPS) is 10.3. The summed E-state index contributed by atoms with van der Waals surface area (Å²) in [5, 5.41) is 2.52. The number of aryl methyl sites for hydroxylation is 1. The third-order valence-corrected chi connectivity index (χ3v) is 3.70. The van der Waals surface area contributed by atoms with Crippen LogP contribution in [0, 0.1) is 5.82 Å². The Morgan fingerprint density at radius 3 is 2.83 bits per heavy atom. The highest BCUT2D eigenvalue weighted by molar-refractivity contribution is 7.14. The van der Waals surface area contributed by atoms with Crippen LogP contribution in [0.3, 0.4) is 0 Å². The summed E-state index contributed by atoms with van der Waals surface area (Å²) in [5.41, 5.74) is 6.06. The summed E-state index contributed by atoms with van der Waals surface area (Å²) < 4.78 is 13.5. The molecule has 2 aromatic rings. The van der Waals surface area contributed by atoms with E-state index in [9.17, 15) is 9.18 Å². The lowest BCUT2D eigenvalue weighted by molar-refractivity contribution is 0.103. The van der Waals surface area contributed by atoms with E-state index in [1.54, 1.807) is 6.07 Å². The average molecular weight is 264 g/mol. The Hall–Kier alpha value is -1.88. The molecule has 0 aliphatic rings. The zero-order valence-electron chi connectivity index (χ0n) is 9.87. The summed E-state index contributed by atoms with van der Waals surface area (Å²) in [6.45, 7) is 2.02. The molecule has 0 radical (unpaired) electrons. The van der Waals surface area contributed by atoms with Gasteiger partial charge in [-0.15, -0.1) is 11.3 Å². The van der Waals surface area contributed by atoms with Crippen LogP contribution in [-0.4, -0.2) is 5.91 Å². The topological polar surface area (TPSA) is 55.1 Å². The van der Waals surface area contributed by atoms with Gasteiger partial charge in [0.15, 0.2) is 0 Å². The minimum Gasteiger partial charge on any atom is -0.399 e. The highest BCUT2D eigenvalue weighted by Gasteiger charge is 2.11. The van der Waals surface area contributed by atoms with Gasteiger partial charge in [0.05, 0.1) is 10.6 Å². The van der Waals surface area contributed by atoms with E-state index in [2.05, 4.69) is 5.32 Å². The van der Waals surface area contributed by atoms with Crippen molar-refractivity contribution < 1.29 is 9.18 Å². The first kappa shape index (κ1) is 12.6. The van der Waals surface area contributed by atoms with Crippen LogP contribution in [0.15, 0.2) is 30.3 Å². The molecule has 0 atom stereocenters. The van der Waals surface area contributed by atoms with Crippen molar-refractivity contribution in [2.75, 3.05) is 11.1 Å². The molecule has 3 nitrogen and oxygen atoms in total. The monoisotopic (exact) mass is 264 g/mol. The molecule has 0 unspecified atom stereocenters. The quantitative estimate of drug-likeness (QED) is 0.836. The molecular formula is C13H13FN2OS. The van der Waals surface area contributed by atoms with Crippen LogP contribution in [0.5, 0.6) is 0 Å². The fourth-order valence-corrected chi connectivity index (χ4v) is 2.36. The number of carbonyl (C=O) groups excluding carboxylic acids is 1. The van der Waals surface area contributed by atoms with Crippen molar-refractivity contribution in [1.29, 1.82) is 0 Å². The molecule has 1 amide bonds. The standard InChI is InChI=1S/C13H13FN2OS/c1-2-9-4-6-12(18-9)13(17)16-11-7-8(15)3-5-10(11)14/h3-7H,2,15H2,1H3,(H,16,17). The van der Waals surface area contributed by atoms with Crippen molar-refractivity contribution in [3.05, 3.63) is 45.9 Å². The molecule has 1 heterocycles. The zero-order valence-corrected chi connectivity index (χ0v) is 10.7. The van der Waals surface area contributed by atoms with E-state index in [4.69, 9.17) is 5.73 Å². The minimum atomic E-state index is -0.496. The summed E-state index contributed by atoms with van der Waals surface area (Å²) in [4.78, 5) is 13.6. The molecular weight excluding hydrogens is 251 g/mol. The van der Waals surface area contributed by atoms with Crippen LogP contribution < -0.4 is 11.1 Å². The number of benzene rings is 1. The van der Waals surface area contributed by atoms with Gasteiger partial charge in [0.2, 0.25) is 0 Å². The third kappa shape index (κ3) is 2.68. The number of carbonyl (C=O) groups is 1. The lowest BCUT2D eigenvalue weighted by Crippen LogP contribution is -2.11. The molecule has 3 N–H and O–H groups in total. The van der Waals surface area contributed by atoms with E-state index in [0.717, 1.165) is 11.3 Å². The van der Waals surface area contributed by atoms with Gasteiger partial charge < -0.3 is 11.1 Å². The second-order valence-electron chi connectivity index (χ2n) is 3.81. The number of rotatable bonds is 3. The number of hydrogen-bond acceptors (Lipinski definition) is 3. The van der Waals surface area contributed by atoms with E-state index >= 15 is 0 Å². The number of anilines is 2. The first-order valence-corrected chi connectivity index (χ1v) is 6.37. The Morgan fingerprint density at radius 2 is 2.17 bits per heavy atom. The Balaban J connectivity index is 2.18. The van der Waals surface area contributed by atoms with Crippen molar-refractivity contribution >= 4 is 28.6 Å². The molecule has 0 saturated heterocycles. The van der Waals surface area contributed by atoms with Crippen LogP contribution >= 0.6 is 11.3 Å². The van der Waals surface area contributed by atoms with Gasteiger partial charge in [-0.2, -0.15) is 0 Å². The number of hydrogen-bond donors (Lipinski definition) is 2. The molecule has 2 rings (SSSR count). The maximum atomic E-state index is 13.5. The highest BCUT2D eigenvalue weighted by atomic mass is 32.1. The van der Waals surface area contributed by atoms with Crippen molar-refractivity contribution in [1.82, 2.24) is 0 Å². The van der Waals surface area contributed by atoms with Crippen molar-refractivity contribution in [3.8, 4) is 0 Å². The smallest absolute Gasteiger partial charge is 0.265 e. The van der Waals surface area contributed by atoms with Gasteiger partial charge in [0.1, 0.15) is 5.82 Å². The first-order valence-electron chi connectivity index (χ1n) is 5.55.